The van der Waals surface area contributed by atoms with E-state index in [2.05, 4.69) is 22.8 Å². The van der Waals surface area contributed by atoms with Crippen LogP contribution < -0.4 is 10.1 Å². The van der Waals surface area contributed by atoms with Crippen molar-refractivity contribution >= 4 is 50.4 Å². The lowest BCUT2D eigenvalue weighted by Gasteiger charge is -2.24. The second-order valence-electron chi connectivity index (χ2n) is 7.33. The Morgan fingerprint density at radius 2 is 2.00 bits per heavy atom. The fourth-order valence-corrected chi connectivity index (χ4v) is 6.06. The maximum atomic E-state index is 12.3. The standard InChI is InChI=1S/C22H25NO5S2/c1-3-27-17(24)11-28-19-18-16(30-21(19)22(25)26-2)10-13-9-15(12-29-20(13)18)23-14-7-5-4-6-8-14/h9-10,12,14,23H,3-8,11H2,1-2H3. The molecule has 30 heavy (non-hydrogen) atoms. The third kappa shape index (κ3) is 4.25. The molecule has 0 amide bonds. The number of esters is 2. The molecule has 1 aliphatic heterocycles. The highest BCUT2D eigenvalue weighted by Crippen LogP contribution is 2.49. The van der Waals surface area contributed by atoms with Gasteiger partial charge in [0, 0.05) is 26.7 Å². The first-order valence-corrected chi connectivity index (χ1v) is 11.9. The van der Waals surface area contributed by atoms with Gasteiger partial charge in [-0.2, -0.15) is 0 Å². The van der Waals surface area contributed by atoms with Crippen molar-refractivity contribution in [3.63, 3.8) is 0 Å². The molecule has 8 heteroatoms. The molecule has 2 heterocycles. The molecule has 1 fully saturated rings. The molecular formula is C22H25NO5S2. The minimum absolute atomic E-state index is 0.248. The molecule has 0 spiro atoms. The normalized spacial score (nSPS) is 14.7. The number of hydrogen-bond donors (Lipinski definition) is 1. The van der Waals surface area contributed by atoms with Gasteiger partial charge in [-0.25, -0.2) is 9.59 Å². The Bertz CT molecular complexity index is 1020. The first kappa shape index (κ1) is 20.9. The highest BCUT2D eigenvalue weighted by atomic mass is 32.1. The van der Waals surface area contributed by atoms with E-state index in [9.17, 15) is 9.59 Å². The van der Waals surface area contributed by atoms with Gasteiger partial charge in [-0.05, 0) is 37.5 Å². The Kier molecular flexibility index (Phi) is 6.43. The summed E-state index contributed by atoms with van der Waals surface area (Å²) in [5, 5.41) is 6.63. The minimum Gasteiger partial charge on any atom is -0.479 e. The van der Waals surface area contributed by atoms with Crippen LogP contribution in [0.1, 0.15) is 48.7 Å². The predicted molar refractivity (Wildman–Crippen MR) is 120 cm³/mol. The largest absolute Gasteiger partial charge is 0.479 e. The lowest BCUT2D eigenvalue weighted by atomic mass is 9.95. The van der Waals surface area contributed by atoms with Gasteiger partial charge in [0.2, 0.25) is 0 Å². The number of fused-ring (bicyclic) bond motifs is 3. The van der Waals surface area contributed by atoms with Crippen LogP contribution in [-0.2, 0) is 14.3 Å². The van der Waals surface area contributed by atoms with E-state index >= 15 is 0 Å². The Balaban J connectivity index is 1.67. The van der Waals surface area contributed by atoms with E-state index in [1.807, 2.05) is 0 Å². The van der Waals surface area contributed by atoms with E-state index in [1.165, 1.54) is 50.6 Å². The van der Waals surface area contributed by atoms with E-state index in [1.54, 1.807) is 18.3 Å². The molecule has 2 aliphatic carbocycles. The van der Waals surface area contributed by atoms with Crippen molar-refractivity contribution < 1.29 is 23.8 Å². The van der Waals surface area contributed by atoms with Crippen LogP contribution in [0.3, 0.4) is 0 Å². The van der Waals surface area contributed by atoms with Crippen molar-refractivity contribution in [1.29, 1.82) is 0 Å². The maximum Gasteiger partial charge on any atom is 0.351 e. The van der Waals surface area contributed by atoms with Gasteiger partial charge in [-0.1, -0.05) is 19.3 Å². The van der Waals surface area contributed by atoms with Crippen LogP contribution in [0, 0.1) is 0 Å². The molecule has 1 aromatic rings. The number of methoxy groups -OCH3 is 1. The molecule has 0 atom stereocenters. The summed E-state index contributed by atoms with van der Waals surface area (Å²) >= 11 is 2.94. The van der Waals surface area contributed by atoms with Crippen LogP contribution in [0.2, 0.25) is 0 Å². The second kappa shape index (κ2) is 9.22. The summed E-state index contributed by atoms with van der Waals surface area (Å²) in [6.07, 6.45) is 6.33. The van der Waals surface area contributed by atoms with Gasteiger partial charge in [0.15, 0.2) is 17.2 Å². The predicted octanol–water partition coefficient (Wildman–Crippen LogP) is 5.54. The van der Waals surface area contributed by atoms with Crippen molar-refractivity contribution in [3.8, 4) is 16.2 Å². The van der Waals surface area contributed by atoms with Crippen molar-refractivity contribution in [2.75, 3.05) is 25.6 Å². The molecule has 160 valence electrons. The summed E-state index contributed by atoms with van der Waals surface area (Å²) in [5.74, 6) is -0.538. The zero-order valence-electron chi connectivity index (χ0n) is 17.1. The molecule has 1 aromatic heterocycles. The van der Waals surface area contributed by atoms with Gasteiger partial charge in [0.1, 0.15) is 0 Å². The van der Waals surface area contributed by atoms with Gasteiger partial charge in [0.05, 0.1) is 19.1 Å². The monoisotopic (exact) mass is 447 g/mol. The number of carbonyl (C=O) groups is 2. The fraction of sp³-hybridized carbons (Fsp3) is 0.455. The number of hydrogen-bond acceptors (Lipinski definition) is 8. The number of ether oxygens (including phenoxy) is 3. The van der Waals surface area contributed by atoms with Crippen LogP contribution in [-0.4, -0.2) is 38.3 Å². The number of carbonyl (C=O) groups excluding carboxylic acids is 2. The van der Waals surface area contributed by atoms with Gasteiger partial charge >= 0.3 is 11.9 Å². The molecule has 1 N–H and O–H groups in total. The number of rotatable bonds is 7. The van der Waals surface area contributed by atoms with E-state index < -0.39 is 11.9 Å². The molecule has 0 radical (unpaired) electrons. The summed E-state index contributed by atoms with van der Waals surface area (Å²) in [6, 6.07) is 4.76. The molecular weight excluding hydrogens is 422 g/mol. The van der Waals surface area contributed by atoms with E-state index in [-0.39, 0.29) is 13.2 Å². The van der Waals surface area contributed by atoms with Crippen molar-refractivity contribution in [2.24, 2.45) is 0 Å². The quantitative estimate of drug-likeness (QED) is 0.479. The molecule has 3 aliphatic rings. The first-order valence-electron chi connectivity index (χ1n) is 10.2. The summed E-state index contributed by atoms with van der Waals surface area (Å²) in [5.41, 5.74) is 2.22. The number of nitrogens with one attached hydrogen (secondary N) is 1. The Labute approximate surface area is 183 Å². The molecule has 0 unspecified atom stereocenters. The molecule has 6 nitrogen and oxygen atoms in total. The maximum absolute atomic E-state index is 12.3. The lowest BCUT2D eigenvalue weighted by molar-refractivity contribution is -0.145. The Morgan fingerprint density at radius 1 is 1.20 bits per heavy atom. The minimum atomic E-state index is -0.469. The van der Waals surface area contributed by atoms with Crippen molar-refractivity contribution in [2.45, 2.75) is 45.1 Å². The molecule has 0 saturated heterocycles. The van der Waals surface area contributed by atoms with Crippen LogP contribution >= 0.6 is 22.7 Å². The van der Waals surface area contributed by atoms with Crippen LogP contribution in [0.15, 0.2) is 17.5 Å². The van der Waals surface area contributed by atoms with Crippen LogP contribution in [0.25, 0.3) is 20.5 Å². The second-order valence-corrected chi connectivity index (χ2v) is 9.26. The summed E-state index contributed by atoms with van der Waals surface area (Å²) in [6.45, 7) is 1.78. The third-order valence-corrected chi connectivity index (χ3v) is 7.41. The Morgan fingerprint density at radius 3 is 2.73 bits per heavy atom. The third-order valence-electron chi connectivity index (χ3n) is 5.27. The SMILES string of the molecule is CCOC(=O)COc1c(C(=O)OC)sc2cc3cc(NC4CCCCC4)csc-3c12. The topological polar surface area (TPSA) is 73.9 Å². The van der Waals surface area contributed by atoms with Gasteiger partial charge in [-0.15, -0.1) is 22.7 Å². The highest BCUT2D eigenvalue weighted by Gasteiger charge is 2.27. The summed E-state index contributed by atoms with van der Waals surface area (Å²) < 4.78 is 16.6. The zero-order valence-corrected chi connectivity index (χ0v) is 18.7. The van der Waals surface area contributed by atoms with E-state index in [4.69, 9.17) is 14.2 Å². The first-order chi connectivity index (χ1) is 14.6. The average molecular weight is 448 g/mol. The average Bonchev–Trinajstić information content (AvgIpc) is 3.28. The molecule has 1 saturated carbocycles. The van der Waals surface area contributed by atoms with E-state index in [0.717, 1.165) is 26.2 Å². The van der Waals surface area contributed by atoms with Crippen LogP contribution in [0.5, 0.6) is 5.75 Å². The van der Waals surface area contributed by atoms with Gasteiger partial charge in [-0.3, -0.25) is 0 Å². The molecule has 0 bridgehead atoms. The molecule has 0 aromatic carbocycles. The van der Waals surface area contributed by atoms with Crippen molar-refractivity contribution in [3.05, 3.63) is 22.4 Å². The van der Waals surface area contributed by atoms with Gasteiger partial charge in [0.25, 0.3) is 0 Å². The zero-order chi connectivity index (χ0) is 21.1. The lowest BCUT2D eigenvalue weighted by Crippen LogP contribution is -2.22. The number of anilines is 1. The van der Waals surface area contributed by atoms with E-state index in [0.29, 0.717) is 16.7 Å². The smallest absolute Gasteiger partial charge is 0.351 e. The Hall–Kier alpha value is -2.32. The molecule has 4 rings (SSSR count). The number of thiophene rings is 1. The van der Waals surface area contributed by atoms with Gasteiger partial charge < -0.3 is 19.5 Å². The summed E-state index contributed by atoms with van der Waals surface area (Å²) in [7, 11) is 1.34. The summed E-state index contributed by atoms with van der Waals surface area (Å²) in [4.78, 5) is 25.5. The highest BCUT2D eigenvalue weighted by molar-refractivity contribution is 7.22. The van der Waals surface area contributed by atoms with Crippen molar-refractivity contribution in [1.82, 2.24) is 0 Å². The van der Waals surface area contributed by atoms with Crippen LogP contribution in [0.4, 0.5) is 5.69 Å². The fourth-order valence-electron chi connectivity index (χ4n) is 3.92.